The van der Waals surface area contributed by atoms with Gasteiger partial charge in [-0.3, -0.25) is 0 Å². The molecule has 2 saturated carbocycles. The highest BCUT2D eigenvalue weighted by Crippen LogP contribution is 2.46. The summed E-state index contributed by atoms with van der Waals surface area (Å²) in [6, 6.07) is 34.4. The summed E-state index contributed by atoms with van der Waals surface area (Å²) in [6.07, 6.45) is 20.5. The number of nitrogens with zero attached hydrogens (tertiary/aromatic N) is 4. The van der Waals surface area contributed by atoms with Crippen LogP contribution in [0, 0.1) is 22.7 Å². The van der Waals surface area contributed by atoms with E-state index in [2.05, 4.69) is 110 Å². The van der Waals surface area contributed by atoms with Crippen LogP contribution in [0.5, 0.6) is 11.5 Å². The van der Waals surface area contributed by atoms with Crippen molar-refractivity contribution in [1.29, 1.82) is 10.5 Å². The zero-order chi connectivity index (χ0) is 46.8. The van der Waals surface area contributed by atoms with Crippen LogP contribution < -0.4 is 31.2 Å². The second-order valence-electron chi connectivity index (χ2n) is 19.8. The van der Waals surface area contributed by atoms with Crippen LogP contribution in [0.2, 0.25) is 0 Å². The summed E-state index contributed by atoms with van der Waals surface area (Å²) in [6.45, 7) is 5.48. The molecule has 2 aromatic heterocycles. The van der Waals surface area contributed by atoms with Gasteiger partial charge in [0.05, 0.1) is 37.5 Å². The standard InChI is InChI=1S/C58H72N8O2/c1-67-49-11-6-8-43(33-49)51(23-29-64-46-20-26-63-27-21-46)55-38-66(58-19-13-40(36-60)30-53(55)58)48-16-14-42(15-17-48)44-32-45(35-50(34-44)68-2)52(22-28-62-25-7-24-59)56-39-65(47-9-4-3-5-10-47)57-18-12-41(37-61)31-54(56)57/h6,8,11-13,18-19,30-35,38-39,42,46-48,51-52,62-64H,3-5,7,9-10,14-17,20-29,59H2,1-2H3. The number of ether oxygens (including phenoxy) is 2. The number of hydrogen-bond donors (Lipinski definition) is 4. The highest BCUT2D eigenvalue weighted by molar-refractivity contribution is 5.87. The Bertz CT molecular complexity index is 2700. The average molecular weight is 913 g/mol. The lowest BCUT2D eigenvalue weighted by Crippen LogP contribution is -2.40. The van der Waals surface area contributed by atoms with Crippen molar-refractivity contribution < 1.29 is 9.47 Å². The second-order valence-corrected chi connectivity index (χ2v) is 19.8. The Morgan fingerprint density at radius 1 is 0.662 bits per heavy atom. The number of nitriles is 2. The number of nitrogens with one attached hydrogen (secondary N) is 3. The molecule has 5 N–H and O–H groups in total. The lowest BCUT2D eigenvalue weighted by atomic mass is 9.79. The minimum atomic E-state index is 0.113. The van der Waals surface area contributed by atoms with Gasteiger partial charge in [-0.05, 0) is 204 Å². The van der Waals surface area contributed by atoms with Gasteiger partial charge in [-0.2, -0.15) is 10.5 Å². The number of aromatic nitrogens is 2. The topological polar surface area (TPSA) is 138 Å². The lowest BCUT2D eigenvalue weighted by molar-refractivity contribution is 0.328. The largest absolute Gasteiger partial charge is 0.497 e. The molecule has 4 aromatic carbocycles. The molecule has 3 fully saturated rings. The molecule has 356 valence electrons. The van der Waals surface area contributed by atoms with Crippen molar-refractivity contribution in [2.24, 2.45) is 5.73 Å². The normalized spacial score (nSPS) is 19.1. The molecule has 2 aliphatic carbocycles. The van der Waals surface area contributed by atoms with E-state index in [1.54, 1.807) is 14.2 Å². The van der Waals surface area contributed by atoms with Gasteiger partial charge < -0.3 is 40.3 Å². The SMILES string of the molecule is COc1cc(C2CCC(n3cc(C(CCNC4CCNCC4)c4cccc(OC)c4)c4cc(C#N)ccc43)CC2)cc(C(CCNCCCN)c2cn(C3CCCCC3)c3ccc(C#N)cc23)c1. The Morgan fingerprint density at radius 3 is 1.91 bits per heavy atom. The van der Waals surface area contributed by atoms with Crippen LogP contribution in [-0.4, -0.2) is 68.7 Å². The predicted octanol–water partition coefficient (Wildman–Crippen LogP) is 11.1. The number of piperidine rings is 1. The van der Waals surface area contributed by atoms with Gasteiger partial charge in [0, 0.05) is 64.2 Å². The predicted molar refractivity (Wildman–Crippen MR) is 275 cm³/mol. The third-order valence-corrected chi connectivity index (χ3v) is 15.7. The number of hydrogen-bond acceptors (Lipinski definition) is 8. The third-order valence-electron chi connectivity index (χ3n) is 15.7. The molecule has 10 nitrogen and oxygen atoms in total. The summed E-state index contributed by atoms with van der Waals surface area (Å²) in [7, 11) is 3.54. The molecule has 10 heteroatoms. The van der Waals surface area contributed by atoms with Crippen LogP contribution >= 0.6 is 0 Å². The molecule has 0 amide bonds. The Labute approximate surface area is 404 Å². The van der Waals surface area contributed by atoms with E-state index in [9.17, 15) is 10.5 Å². The molecule has 3 heterocycles. The van der Waals surface area contributed by atoms with Gasteiger partial charge in [0.1, 0.15) is 11.5 Å². The quantitative estimate of drug-likeness (QED) is 0.0590. The summed E-state index contributed by atoms with van der Waals surface area (Å²) >= 11 is 0. The molecule has 9 rings (SSSR count). The van der Waals surface area contributed by atoms with E-state index >= 15 is 0 Å². The minimum Gasteiger partial charge on any atom is -0.497 e. The number of fused-ring (bicyclic) bond motifs is 2. The summed E-state index contributed by atoms with van der Waals surface area (Å²) in [5.41, 5.74) is 16.2. The molecule has 0 radical (unpaired) electrons. The zero-order valence-electron chi connectivity index (χ0n) is 40.4. The highest BCUT2D eigenvalue weighted by Gasteiger charge is 2.30. The molecule has 2 atom stereocenters. The fraction of sp³-hybridized carbons (Fsp3) is 0.483. The molecule has 3 aliphatic rings. The van der Waals surface area contributed by atoms with Crippen LogP contribution in [-0.2, 0) is 0 Å². The lowest BCUT2D eigenvalue weighted by Gasteiger charge is -2.31. The van der Waals surface area contributed by atoms with E-state index in [0.717, 1.165) is 102 Å². The van der Waals surface area contributed by atoms with Crippen molar-refractivity contribution >= 4 is 21.8 Å². The van der Waals surface area contributed by atoms with Crippen LogP contribution in [0.1, 0.15) is 159 Å². The first-order valence-corrected chi connectivity index (χ1v) is 25.7. The van der Waals surface area contributed by atoms with Gasteiger partial charge in [-0.1, -0.05) is 37.5 Å². The summed E-state index contributed by atoms with van der Waals surface area (Å²) in [5, 5.41) is 33.7. The van der Waals surface area contributed by atoms with Gasteiger partial charge in [-0.25, -0.2) is 0 Å². The molecule has 0 bridgehead atoms. The van der Waals surface area contributed by atoms with E-state index in [1.165, 1.54) is 81.7 Å². The van der Waals surface area contributed by atoms with Gasteiger partial charge >= 0.3 is 0 Å². The number of rotatable bonds is 19. The maximum atomic E-state index is 10.1. The van der Waals surface area contributed by atoms with Crippen molar-refractivity contribution in [3.8, 4) is 23.6 Å². The van der Waals surface area contributed by atoms with E-state index in [-0.39, 0.29) is 11.8 Å². The van der Waals surface area contributed by atoms with E-state index in [1.807, 2.05) is 18.2 Å². The average Bonchev–Trinajstić information content (AvgIpc) is 3.97. The van der Waals surface area contributed by atoms with Crippen molar-refractivity contribution in [3.05, 3.63) is 130 Å². The molecule has 0 spiro atoms. The van der Waals surface area contributed by atoms with Crippen molar-refractivity contribution in [2.45, 2.75) is 126 Å². The number of nitrogens with two attached hydrogens (primary N) is 1. The first-order chi connectivity index (χ1) is 33.5. The summed E-state index contributed by atoms with van der Waals surface area (Å²) in [4.78, 5) is 0. The second kappa shape index (κ2) is 22.7. The molecule has 6 aromatic rings. The highest BCUT2D eigenvalue weighted by atomic mass is 16.5. The molecular formula is C58H72N8O2. The monoisotopic (exact) mass is 913 g/mol. The van der Waals surface area contributed by atoms with Crippen LogP contribution in [0.3, 0.4) is 0 Å². The molecule has 2 unspecified atom stereocenters. The summed E-state index contributed by atoms with van der Waals surface area (Å²) in [5.74, 6) is 2.41. The fourth-order valence-corrected chi connectivity index (χ4v) is 12.0. The Hall–Kier alpha value is -5.62. The van der Waals surface area contributed by atoms with Crippen LogP contribution in [0.25, 0.3) is 21.8 Å². The molecule has 1 aliphatic heterocycles. The van der Waals surface area contributed by atoms with Gasteiger partial charge in [0.2, 0.25) is 0 Å². The van der Waals surface area contributed by atoms with E-state index in [0.29, 0.717) is 41.7 Å². The molecule has 1 saturated heterocycles. The Kier molecular flexibility index (Phi) is 15.8. The fourth-order valence-electron chi connectivity index (χ4n) is 12.0. The number of methoxy groups -OCH3 is 2. The Morgan fingerprint density at radius 2 is 1.28 bits per heavy atom. The van der Waals surface area contributed by atoms with E-state index < -0.39 is 0 Å². The van der Waals surface area contributed by atoms with Gasteiger partial charge in [0.25, 0.3) is 0 Å². The summed E-state index contributed by atoms with van der Waals surface area (Å²) < 4.78 is 17.0. The van der Waals surface area contributed by atoms with E-state index in [4.69, 9.17) is 15.2 Å². The van der Waals surface area contributed by atoms with Crippen LogP contribution in [0.4, 0.5) is 0 Å². The van der Waals surface area contributed by atoms with Gasteiger partial charge in [0.15, 0.2) is 0 Å². The number of benzene rings is 4. The zero-order valence-corrected chi connectivity index (χ0v) is 40.4. The smallest absolute Gasteiger partial charge is 0.119 e. The molecule has 68 heavy (non-hydrogen) atoms. The first-order valence-electron chi connectivity index (χ1n) is 25.7. The van der Waals surface area contributed by atoms with Crippen LogP contribution in [0.15, 0.2) is 91.3 Å². The molecular weight excluding hydrogens is 841 g/mol. The van der Waals surface area contributed by atoms with Gasteiger partial charge in [-0.15, -0.1) is 0 Å². The van der Waals surface area contributed by atoms with Crippen molar-refractivity contribution in [2.75, 3.05) is 53.5 Å². The first kappa shape index (κ1) is 47.4. The maximum absolute atomic E-state index is 10.1. The maximum Gasteiger partial charge on any atom is 0.119 e. The van der Waals surface area contributed by atoms with Crippen molar-refractivity contribution in [3.63, 3.8) is 0 Å². The third kappa shape index (κ3) is 10.7. The van der Waals surface area contributed by atoms with Crippen molar-refractivity contribution in [1.82, 2.24) is 25.1 Å². The Balaban J connectivity index is 1.02. The minimum absolute atomic E-state index is 0.113.